The van der Waals surface area contributed by atoms with Crippen LogP contribution in [0.1, 0.15) is 31.9 Å². The summed E-state index contributed by atoms with van der Waals surface area (Å²) in [6, 6.07) is 25.0. The lowest BCUT2D eigenvalue weighted by Gasteiger charge is -2.22. The largest absolute Gasteiger partial charge is 0.439 e. The van der Waals surface area contributed by atoms with Gasteiger partial charge in [-0.15, -0.1) is 0 Å². The maximum Gasteiger partial charge on any atom is 0.219 e. The van der Waals surface area contributed by atoms with Gasteiger partial charge < -0.3 is 10.1 Å². The number of hydrogen-bond donors (Lipinski definition) is 1. The molecule has 4 heteroatoms. The molecular formula is C32H25N3O. The van der Waals surface area contributed by atoms with E-state index < -0.39 is 0 Å². The average Bonchev–Trinajstić information content (AvgIpc) is 3.26. The first kappa shape index (κ1) is 20.9. The van der Waals surface area contributed by atoms with Crippen molar-refractivity contribution in [2.75, 3.05) is 0 Å². The van der Waals surface area contributed by atoms with Crippen molar-refractivity contribution in [3.8, 4) is 34.0 Å². The first-order valence-electron chi connectivity index (χ1n) is 12.3. The number of rotatable bonds is 0. The summed E-state index contributed by atoms with van der Waals surface area (Å²) in [5, 5.41) is 5.72. The van der Waals surface area contributed by atoms with Gasteiger partial charge in [-0.2, -0.15) is 0 Å². The Morgan fingerprint density at radius 1 is 0.833 bits per heavy atom. The summed E-state index contributed by atoms with van der Waals surface area (Å²) in [7, 11) is 0. The van der Waals surface area contributed by atoms with Crippen LogP contribution in [0.25, 0.3) is 33.8 Å². The van der Waals surface area contributed by atoms with Crippen LogP contribution < -0.4 is 20.6 Å². The molecule has 8 bridgehead atoms. The third-order valence-electron chi connectivity index (χ3n) is 6.98. The fourth-order valence-corrected chi connectivity index (χ4v) is 5.06. The van der Waals surface area contributed by atoms with Crippen LogP contribution in [0, 0.1) is 0 Å². The van der Waals surface area contributed by atoms with Gasteiger partial charge in [-0.3, -0.25) is 0 Å². The fraction of sp³-hybridized carbons (Fsp3) is 0.125. The number of nitrogens with zero attached hydrogens (tertiary/aromatic N) is 2. The van der Waals surface area contributed by atoms with Crippen LogP contribution in [-0.4, -0.2) is 4.98 Å². The number of dihydropyridines is 1. The zero-order valence-electron chi connectivity index (χ0n) is 20.5. The van der Waals surface area contributed by atoms with Crippen molar-refractivity contribution in [3.63, 3.8) is 0 Å². The van der Waals surface area contributed by atoms with E-state index in [0.29, 0.717) is 5.88 Å². The zero-order valence-corrected chi connectivity index (χ0v) is 20.5. The number of ether oxygens (including phenoxy) is 1. The third kappa shape index (κ3) is 3.29. The van der Waals surface area contributed by atoms with Crippen molar-refractivity contribution in [1.82, 2.24) is 10.3 Å². The highest BCUT2D eigenvalue weighted by molar-refractivity contribution is 5.91. The smallest absolute Gasteiger partial charge is 0.219 e. The molecular weight excluding hydrogens is 442 g/mol. The van der Waals surface area contributed by atoms with Crippen LogP contribution in [0.15, 0.2) is 96.0 Å². The highest BCUT2D eigenvalue weighted by Crippen LogP contribution is 2.44. The van der Waals surface area contributed by atoms with Gasteiger partial charge in [-0.1, -0.05) is 63.2 Å². The van der Waals surface area contributed by atoms with E-state index in [0.717, 1.165) is 61.4 Å². The number of allylic oxidation sites excluding steroid dienone is 2. The molecule has 0 aliphatic carbocycles. The van der Waals surface area contributed by atoms with Crippen LogP contribution in [0.5, 0.6) is 11.6 Å². The predicted octanol–water partition coefficient (Wildman–Crippen LogP) is 6.39. The van der Waals surface area contributed by atoms with Gasteiger partial charge in [-0.25, -0.2) is 9.98 Å². The minimum Gasteiger partial charge on any atom is -0.439 e. The predicted molar refractivity (Wildman–Crippen MR) is 144 cm³/mol. The second-order valence-electron chi connectivity index (χ2n) is 10.5. The first-order chi connectivity index (χ1) is 17.4. The molecule has 0 fully saturated rings. The summed E-state index contributed by atoms with van der Waals surface area (Å²) in [6.07, 6.45) is 6.28. The number of fused-ring (bicyclic) bond motifs is 9. The summed E-state index contributed by atoms with van der Waals surface area (Å²) in [4.78, 5) is 10.2. The van der Waals surface area contributed by atoms with Gasteiger partial charge in [0, 0.05) is 44.9 Å². The molecule has 1 N–H and O–H groups in total. The molecule has 0 saturated carbocycles. The normalized spacial score (nSPS) is 14.6. The van der Waals surface area contributed by atoms with E-state index in [1.54, 1.807) is 0 Å². The first-order valence-corrected chi connectivity index (χ1v) is 12.3. The summed E-state index contributed by atoms with van der Waals surface area (Å²) in [5.74, 6) is 1.30. The Morgan fingerprint density at radius 3 is 2.56 bits per heavy atom. The second kappa shape index (κ2) is 7.53. The Morgan fingerprint density at radius 2 is 1.67 bits per heavy atom. The van der Waals surface area contributed by atoms with Crippen LogP contribution in [0.2, 0.25) is 0 Å². The van der Waals surface area contributed by atoms with Gasteiger partial charge in [0.05, 0.1) is 16.7 Å². The summed E-state index contributed by atoms with van der Waals surface area (Å²) < 4.78 is 6.25. The molecule has 0 amide bonds. The molecule has 4 heterocycles. The Balaban J connectivity index is 1.60. The molecule has 1 aromatic heterocycles. The van der Waals surface area contributed by atoms with E-state index in [1.165, 1.54) is 5.56 Å². The summed E-state index contributed by atoms with van der Waals surface area (Å²) >= 11 is 0. The Hall–Kier alpha value is -4.44. The van der Waals surface area contributed by atoms with Crippen molar-refractivity contribution in [2.45, 2.75) is 26.2 Å². The summed E-state index contributed by atoms with van der Waals surface area (Å²) in [5.41, 5.74) is 9.44. The van der Waals surface area contributed by atoms with E-state index in [2.05, 4.69) is 80.7 Å². The number of benzene rings is 3. The highest BCUT2D eigenvalue weighted by Gasteiger charge is 2.25. The van der Waals surface area contributed by atoms with Crippen LogP contribution in [0.3, 0.4) is 0 Å². The Labute approximate surface area is 210 Å². The number of aromatic nitrogens is 1. The molecule has 0 spiro atoms. The quantitative estimate of drug-likeness (QED) is 0.287. The SMILES string of the molecule is CC(C)(C)c1cc2c3c(c1)-c1cccc(c1=N3)=C1C=CC=C(N1)c1cccc(c1)Oc1cccc-2n1. The molecule has 3 aromatic carbocycles. The molecule has 174 valence electrons. The zero-order chi connectivity index (χ0) is 24.4. The third-order valence-corrected chi connectivity index (χ3v) is 6.98. The minimum atomic E-state index is -0.0262. The van der Waals surface area contributed by atoms with Crippen molar-refractivity contribution >= 4 is 17.1 Å². The molecule has 36 heavy (non-hydrogen) atoms. The lowest BCUT2D eigenvalue weighted by molar-refractivity contribution is 0.463. The topological polar surface area (TPSA) is 46.5 Å². The molecule has 3 aliphatic heterocycles. The van der Waals surface area contributed by atoms with Gasteiger partial charge in [-0.05, 0) is 53.5 Å². The average molecular weight is 468 g/mol. The lowest BCUT2D eigenvalue weighted by Crippen LogP contribution is -2.32. The number of para-hydroxylation sites is 1. The summed E-state index contributed by atoms with van der Waals surface area (Å²) in [6.45, 7) is 6.73. The van der Waals surface area contributed by atoms with E-state index >= 15 is 0 Å². The van der Waals surface area contributed by atoms with Gasteiger partial charge >= 0.3 is 0 Å². The van der Waals surface area contributed by atoms with Crippen molar-refractivity contribution < 1.29 is 4.74 Å². The van der Waals surface area contributed by atoms with Crippen molar-refractivity contribution in [1.29, 1.82) is 0 Å². The van der Waals surface area contributed by atoms with Gasteiger partial charge in [0.25, 0.3) is 0 Å². The minimum absolute atomic E-state index is 0.0262. The maximum absolute atomic E-state index is 6.25. The van der Waals surface area contributed by atoms with Gasteiger partial charge in [0.2, 0.25) is 5.88 Å². The van der Waals surface area contributed by atoms with Gasteiger partial charge in [0.15, 0.2) is 0 Å². The molecule has 0 radical (unpaired) electrons. The van der Waals surface area contributed by atoms with Crippen molar-refractivity contribution in [2.24, 2.45) is 4.99 Å². The highest BCUT2D eigenvalue weighted by atomic mass is 16.5. The molecule has 0 saturated heterocycles. The molecule has 4 aromatic rings. The van der Waals surface area contributed by atoms with Crippen LogP contribution in [0.4, 0.5) is 5.69 Å². The van der Waals surface area contributed by atoms with E-state index in [-0.39, 0.29) is 5.41 Å². The molecule has 3 aliphatic rings. The van der Waals surface area contributed by atoms with E-state index in [1.807, 2.05) is 36.4 Å². The molecule has 7 rings (SSSR count). The number of nitrogens with one attached hydrogen (secondary N) is 1. The Kier molecular flexibility index (Phi) is 4.37. The lowest BCUT2D eigenvalue weighted by atomic mass is 9.83. The van der Waals surface area contributed by atoms with Crippen LogP contribution in [-0.2, 0) is 5.41 Å². The number of pyridine rings is 1. The monoisotopic (exact) mass is 467 g/mol. The van der Waals surface area contributed by atoms with E-state index in [9.17, 15) is 0 Å². The van der Waals surface area contributed by atoms with E-state index in [4.69, 9.17) is 14.7 Å². The number of hydrogen-bond acceptors (Lipinski definition) is 4. The van der Waals surface area contributed by atoms with Gasteiger partial charge in [0.1, 0.15) is 5.75 Å². The fourth-order valence-electron chi connectivity index (χ4n) is 5.06. The maximum atomic E-state index is 6.25. The molecule has 0 unspecified atom stereocenters. The molecule has 0 atom stereocenters. The van der Waals surface area contributed by atoms with Crippen LogP contribution >= 0.6 is 0 Å². The molecule has 4 nitrogen and oxygen atoms in total. The second-order valence-corrected chi connectivity index (χ2v) is 10.5. The van der Waals surface area contributed by atoms with Crippen molar-refractivity contribution in [3.05, 3.63) is 113 Å². The Bertz CT molecular complexity index is 1770. The standard InChI is InChI=1S/C32H25N3O/c1-32(2,3)20-17-24-22-10-5-11-23-27-13-6-12-26(33-27)19-8-4-9-21(16-19)36-29-15-7-14-28(34-29)25(18-20)31(24)35-30(22)23/h4-18,33H,1-3H3.